The predicted octanol–water partition coefficient (Wildman–Crippen LogP) is 4.36. The summed E-state index contributed by atoms with van der Waals surface area (Å²) in [5.41, 5.74) is -0.989. The average Bonchev–Trinajstić information content (AvgIpc) is 2.65. The molecule has 0 fully saturated rings. The van der Waals surface area contributed by atoms with Crippen LogP contribution in [0.5, 0.6) is 0 Å². The van der Waals surface area contributed by atoms with Gasteiger partial charge in [0.1, 0.15) is 12.4 Å². The summed E-state index contributed by atoms with van der Waals surface area (Å²) in [7, 11) is 0. The van der Waals surface area contributed by atoms with Gasteiger partial charge in [-0.3, -0.25) is 9.59 Å². The lowest BCUT2D eigenvalue weighted by Gasteiger charge is -2.12. The van der Waals surface area contributed by atoms with Gasteiger partial charge in [0.15, 0.2) is 0 Å². The molecule has 0 saturated carbocycles. The second kappa shape index (κ2) is 8.04. The Morgan fingerprint density at radius 1 is 1.07 bits per heavy atom. The summed E-state index contributed by atoms with van der Waals surface area (Å²) >= 11 is 5.85. The maximum atomic E-state index is 13.0. The van der Waals surface area contributed by atoms with Gasteiger partial charge in [-0.2, -0.15) is 18.3 Å². The fraction of sp³-hybridized carbons (Fsp3) is 0.105. The van der Waals surface area contributed by atoms with Crippen molar-refractivity contribution < 1.29 is 22.4 Å². The molecule has 0 aliphatic rings. The second-order valence-electron chi connectivity index (χ2n) is 5.96. The van der Waals surface area contributed by atoms with E-state index in [0.29, 0.717) is 17.3 Å². The van der Waals surface area contributed by atoms with Gasteiger partial charge in [-0.25, -0.2) is 9.07 Å². The van der Waals surface area contributed by atoms with Crippen LogP contribution in [0.25, 0.3) is 11.3 Å². The maximum Gasteiger partial charge on any atom is 0.416 e. The molecule has 3 rings (SSSR count). The number of hydrogen-bond acceptors (Lipinski definition) is 3. The average molecular weight is 426 g/mol. The van der Waals surface area contributed by atoms with E-state index in [-0.39, 0.29) is 10.7 Å². The number of aromatic nitrogens is 2. The van der Waals surface area contributed by atoms with Gasteiger partial charge in [-0.05, 0) is 48.5 Å². The summed E-state index contributed by atoms with van der Waals surface area (Å²) in [5.74, 6) is -1.24. The van der Waals surface area contributed by atoms with E-state index in [1.165, 1.54) is 36.4 Å². The standard InChI is InChI=1S/C19H12ClF4N3O2/c20-14-6-3-12(19(22,23)24)9-16(14)25-17(28)10-27-18(29)8-7-15(26-27)11-1-4-13(21)5-2-11/h1-9H,10H2,(H,25,28). The van der Waals surface area contributed by atoms with E-state index < -0.39 is 35.6 Å². The molecule has 5 nitrogen and oxygen atoms in total. The Morgan fingerprint density at radius 3 is 2.41 bits per heavy atom. The van der Waals surface area contributed by atoms with E-state index in [0.717, 1.165) is 16.8 Å². The number of nitrogens with one attached hydrogen (secondary N) is 1. The Bertz CT molecular complexity index is 1110. The van der Waals surface area contributed by atoms with Crippen LogP contribution in [-0.4, -0.2) is 15.7 Å². The molecule has 2 aromatic carbocycles. The number of alkyl halides is 3. The van der Waals surface area contributed by atoms with Gasteiger partial charge in [0.25, 0.3) is 5.56 Å². The summed E-state index contributed by atoms with van der Waals surface area (Å²) in [6.45, 7) is -0.555. The number of halogens is 5. The molecule has 0 atom stereocenters. The first-order chi connectivity index (χ1) is 13.6. The molecule has 150 valence electrons. The van der Waals surface area contributed by atoms with Gasteiger partial charge in [0.05, 0.1) is 22.0 Å². The van der Waals surface area contributed by atoms with Gasteiger partial charge in [0.2, 0.25) is 5.91 Å². The Balaban J connectivity index is 1.82. The molecule has 0 aliphatic heterocycles. The lowest BCUT2D eigenvalue weighted by atomic mass is 10.1. The summed E-state index contributed by atoms with van der Waals surface area (Å²) in [6, 6.07) is 10.4. The molecular weight excluding hydrogens is 414 g/mol. The van der Waals surface area contributed by atoms with E-state index in [4.69, 9.17) is 11.6 Å². The van der Waals surface area contributed by atoms with E-state index in [9.17, 15) is 27.2 Å². The number of nitrogens with zero attached hydrogens (tertiary/aromatic N) is 2. The monoisotopic (exact) mass is 425 g/mol. The molecule has 0 radical (unpaired) electrons. The molecule has 10 heteroatoms. The fourth-order valence-electron chi connectivity index (χ4n) is 2.46. The van der Waals surface area contributed by atoms with Crippen molar-refractivity contribution in [3.05, 3.63) is 81.4 Å². The Kier molecular flexibility index (Phi) is 5.69. The lowest BCUT2D eigenvalue weighted by molar-refractivity contribution is -0.137. The van der Waals surface area contributed by atoms with Crippen molar-refractivity contribution in [3.8, 4) is 11.3 Å². The summed E-state index contributed by atoms with van der Waals surface area (Å²) in [6.07, 6.45) is -4.61. The van der Waals surface area contributed by atoms with Crippen molar-refractivity contribution >= 4 is 23.2 Å². The van der Waals surface area contributed by atoms with Crippen LogP contribution in [0.2, 0.25) is 5.02 Å². The molecule has 1 heterocycles. The van der Waals surface area contributed by atoms with E-state index in [1.54, 1.807) is 0 Å². The minimum atomic E-state index is -4.61. The molecule has 1 aromatic heterocycles. The zero-order chi connectivity index (χ0) is 21.2. The van der Waals surface area contributed by atoms with Crippen LogP contribution in [0.3, 0.4) is 0 Å². The van der Waals surface area contributed by atoms with E-state index >= 15 is 0 Å². The third-order valence-corrected chi connectivity index (χ3v) is 4.20. The first kappa shape index (κ1) is 20.5. The maximum absolute atomic E-state index is 13.0. The number of benzene rings is 2. The topological polar surface area (TPSA) is 64.0 Å². The van der Waals surface area contributed by atoms with E-state index in [1.807, 2.05) is 0 Å². The number of anilines is 1. The van der Waals surface area contributed by atoms with Gasteiger partial charge in [0, 0.05) is 11.6 Å². The third kappa shape index (κ3) is 5.00. The molecule has 0 aliphatic carbocycles. The molecule has 0 bridgehead atoms. The molecule has 0 saturated heterocycles. The first-order valence-corrected chi connectivity index (χ1v) is 8.52. The number of amides is 1. The van der Waals surface area contributed by atoms with Crippen LogP contribution >= 0.6 is 11.6 Å². The summed E-state index contributed by atoms with van der Waals surface area (Å²) in [5, 5.41) is 6.19. The normalized spacial score (nSPS) is 11.3. The van der Waals surface area contributed by atoms with Gasteiger partial charge < -0.3 is 5.32 Å². The predicted molar refractivity (Wildman–Crippen MR) is 99.0 cm³/mol. The molecule has 1 amide bonds. The van der Waals surface area contributed by atoms with Crippen molar-refractivity contribution in [1.82, 2.24) is 9.78 Å². The highest BCUT2D eigenvalue weighted by Gasteiger charge is 2.31. The molecule has 1 N–H and O–H groups in total. The Hall–Kier alpha value is -3.20. The summed E-state index contributed by atoms with van der Waals surface area (Å²) in [4.78, 5) is 24.2. The van der Waals surface area contributed by atoms with Crippen molar-refractivity contribution in [3.63, 3.8) is 0 Å². The van der Waals surface area contributed by atoms with Crippen LogP contribution in [0.15, 0.2) is 59.4 Å². The fourth-order valence-corrected chi connectivity index (χ4v) is 2.62. The first-order valence-electron chi connectivity index (χ1n) is 8.14. The zero-order valence-electron chi connectivity index (χ0n) is 14.5. The highest BCUT2D eigenvalue weighted by Crippen LogP contribution is 2.33. The molecule has 29 heavy (non-hydrogen) atoms. The quantitative estimate of drug-likeness (QED) is 0.632. The number of rotatable bonds is 4. The van der Waals surface area contributed by atoms with Crippen LogP contribution in [0, 0.1) is 5.82 Å². The highest BCUT2D eigenvalue weighted by molar-refractivity contribution is 6.33. The Labute approximate surface area is 166 Å². The van der Waals surface area contributed by atoms with Gasteiger partial charge in [-0.15, -0.1) is 0 Å². The van der Waals surface area contributed by atoms with Crippen LogP contribution in [-0.2, 0) is 17.5 Å². The zero-order valence-corrected chi connectivity index (χ0v) is 15.3. The van der Waals surface area contributed by atoms with Gasteiger partial charge >= 0.3 is 6.18 Å². The second-order valence-corrected chi connectivity index (χ2v) is 6.37. The molecule has 3 aromatic rings. The third-order valence-electron chi connectivity index (χ3n) is 3.87. The van der Waals surface area contributed by atoms with Gasteiger partial charge in [-0.1, -0.05) is 11.6 Å². The number of hydrogen-bond donors (Lipinski definition) is 1. The number of carbonyl (C=O) groups excluding carboxylic acids is 1. The minimum Gasteiger partial charge on any atom is -0.323 e. The lowest BCUT2D eigenvalue weighted by Crippen LogP contribution is -2.29. The molecule has 0 unspecified atom stereocenters. The van der Waals surface area contributed by atoms with Crippen LogP contribution < -0.4 is 10.9 Å². The number of carbonyl (C=O) groups is 1. The minimum absolute atomic E-state index is 0.0910. The molecular formula is C19H12ClF4N3O2. The van der Waals surface area contributed by atoms with Crippen molar-refractivity contribution in [2.45, 2.75) is 12.7 Å². The summed E-state index contributed by atoms with van der Waals surface area (Å²) < 4.78 is 52.4. The van der Waals surface area contributed by atoms with Crippen molar-refractivity contribution in [2.24, 2.45) is 0 Å². The largest absolute Gasteiger partial charge is 0.416 e. The van der Waals surface area contributed by atoms with Crippen LogP contribution in [0.1, 0.15) is 5.56 Å². The highest BCUT2D eigenvalue weighted by atomic mass is 35.5. The smallest absolute Gasteiger partial charge is 0.323 e. The van der Waals surface area contributed by atoms with Crippen molar-refractivity contribution in [2.75, 3.05) is 5.32 Å². The van der Waals surface area contributed by atoms with Crippen molar-refractivity contribution in [1.29, 1.82) is 0 Å². The Morgan fingerprint density at radius 2 is 1.76 bits per heavy atom. The molecule has 0 spiro atoms. The van der Waals surface area contributed by atoms with E-state index in [2.05, 4.69) is 10.4 Å². The van der Waals surface area contributed by atoms with Crippen LogP contribution in [0.4, 0.5) is 23.2 Å². The SMILES string of the molecule is O=C(Cn1nc(-c2ccc(F)cc2)ccc1=O)Nc1cc(C(F)(F)F)ccc1Cl.